The summed E-state index contributed by atoms with van der Waals surface area (Å²) in [4.78, 5) is 15.2. The molecule has 0 aliphatic rings. The van der Waals surface area contributed by atoms with Gasteiger partial charge in [-0.05, 0) is 12.1 Å². The SMILES string of the molecule is Oc1ccc(Cl)c(Nc2cc(C(F)(F)F)nc(-c3cnccn3)n2)c1. The number of phenolic OH excluding ortho intramolecular Hbond substituents is 1. The van der Waals surface area contributed by atoms with Crippen LogP contribution in [0.1, 0.15) is 5.69 Å². The molecule has 2 N–H and O–H groups in total. The number of hydrogen-bond acceptors (Lipinski definition) is 6. The van der Waals surface area contributed by atoms with Gasteiger partial charge < -0.3 is 10.4 Å². The lowest BCUT2D eigenvalue weighted by Crippen LogP contribution is -2.11. The van der Waals surface area contributed by atoms with Gasteiger partial charge in [-0.1, -0.05) is 11.6 Å². The summed E-state index contributed by atoms with van der Waals surface area (Å²) in [6.45, 7) is 0. The Labute approximate surface area is 144 Å². The molecule has 25 heavy (non-hydrogen) atoms. The summed E-state index contributed by atoms with van der Waals surface area (Å²) in [5.74, 6) is -0.511. The second-order valence-corrected chi connectivity index (χ2v) is 5.25. The predicted octanol–water partition coefficient (Wildman–Crippen LogP) is 4.06. The number of rotatable bonds is 3. The molecule has 0 amide bonds. The van der Waals surface area contributed by atoms with Crippen molar-refractivity contribution >= 4 is 23.1 Å². The van der Waals surface area contributed by atoms with Crippen LogP contribution in [0.25, 0.3) is 11.5 Å². The van der Waals surface area contributed by atoms with Gasteiger partial charge in [-0.25, -0.2) is 15.0 Å². The van der Waals surface area contributed by atoms with E-state index in [4.69, 9.17) is 11.6 Å². The van der Waals surface area contributed by atoms with Crippen LogP contribution in [0.2, 0.25) is 5.02 Å². The minimum absolute atomic E-state index is 0.0821. The van der Waals surface area contributed by atoms with E-state index in [0.29, 0.717) is 0 Å². The number of benzene rings is 1. The van der Waals surface area contributed by atoms with Crippen molar-refractivity contribution in [3.05, 3.63) is 53.6 Å². The highest BCUT2D eigenvalue weighted by atomic mass is 35.5. The van der Waals surface area contributed by atoms with Crippen molar-refractivity contribution in [3.63, 3.8) is 0 Å². The number of halogens is 4. The maximum absolute atomic E-state index is 13.1. The average Bonchev–Trinajstić information content (AvgIpc) is 2.58. The van der Waals surface area contributed by atoms with Crippen molar-refractivity contribution < 1.29 is 18.3 Å². The lowest BCUT2D eigenvalue weighted by Gasteiger charge is -2.12. The first-order valence-electron chi connectivity index (χ1n) is 6.81. The van der Waals surface area contributed by atoms with Crippen LogP contribution in [0, 0.1) is 0 Å². The quantitative estimate of drug-likeness (QED) is 0.726. The normalized spacial score (nSPS) is 11.4. The molecule has 0 aliphatic carbocycles. The Morgan fingerprint density at radius 1 is 1.08 bits per heavy atom. The highest BCUT2D eigenvalue weighted by molar-refractivity contribution is 6.33. The lowest BCUT2D eigenvalue weighted by molar-refractivity contribution is -0.141. The molecule has 0 spiro atoms. The third kappa shape index (κ3) is 3.94. The molecular formula is C15H9ClF3N5O. The number of anilines is 2. The minimum Gasteiger partial charge on any atom is -0.508 e. The predicted molar refractivity (Wildman–Crippen MR) is 84.5 cm³/mol. The van der Waals surface area contributed by atoms with Gasteiger partial charge >= 0.3 is 6.18 Å². The molecule has 0 fully saturated rings. The molecule has 3 rings (SSSR count). The number of hydrogen-bond donors (Lipinski definition) is 2. The fourth-order valence-electron chi connectivity index (χ4n) is 1.93. The second kappa shape index (κ2) is 6.52. The molecule has 0 unspecified atom stereocenters. The molecule has 10 heteroatoms. The molecule has 0 saturated carbocycles. The van der Waals surface area contributed by atoms with E-state index >= 15 is 0 Å². The largest absolute Gasteiger partial charge is 0.508 e. The highest BCUT2D eigenvalue weighted by Gasteiger charge is 2.34. The Hall–Kier alpha value is -2.94. The van der Waals surface area contributed by atoms with Crippen LogP contribution in [-0.4, -0.2) is 25.0 Å². The van der Waals surface area contributed by atoms with Gasteiger partial charge in [-0.2, -0.15) is 13.2 Å². The third-order valence-electron chi connectivity index (χ3n) is 3.02. The molecular weight excluding hydrogens is 359 g/mol. The first-order chi connectivity index (χ1) is 11.8. The van der Waals surface area contributed by atoms with Gasteiger partial charge in [0.15, 0.2) is 11.5 Å². The molecule has 0 aliphatic heterocycles. The van der Waals surface area contributed by atoms with E-state index in [0.717, 1.165) is 6.07 Å². The number of aromatic hydroxyl groups is 1. The highest BCUT2D eigenvalue weighted by Crippen LogP contribution is 2.33. The van der Waals surface area contributed by atoms with Crippen molar-refractivity contribution in [2.24, 2.45) is 0 Å². The van der Waals surface area contributed by atoms with Crippen LogP contribution in [0.3, 0.4) is 0 Å². The standard InChI is InChI=1S/C15H9ClF3N5O/c16-9-2-1-8(25)5-10(9)22-13-6-12(15(17,18)19)23-14(24-13)11-7-20-3-4-21-11/h1-7,25H,(H,22,23,24). The van der Waals surface area contributed by atoms with Crippen molar-refractivity contribution in [2.45, 2.75) is 6.18 Å². The summed E-state index contributed by atoms with van der Waals surface area (Å²) < 4.78 is 39.4. The van der Waals surface area contributed by atoms with Crippen LogP contribution in [0.4, 0.5) is 24.7 Å². The molecule has 128 valence electrons. The van der Waals surface area contributed by atoms with E-state index in [1.165, 1.54) is 36.8 Å². The number of nitrogens with zero attached hydrogens (tertiary/aromatic N) is 4. The van der Waals surface area contributed by atoms with Gasteiger partial charge in [0.1, 0.15) is 17.3 Å². The van der Waals surface area contributed by atoms with Crippen LogP contribution >= 0.6 is 11.6 Å². The Bertz CT molecular complexity index is 905. The van der Waals surface area contributed by atoms with E-state index in [2.05, 4.69) is 25.3 Å². The zero-order valence-electron chi connectivity index (χ0n) is 12.3. The number of nitrogens with one attached hydrogen (secondary N) is 1. The Morgan fingerprint density at radius 2 is 1.88 bits per heavy atom. The van der Waals surface area contributed by atoms with Crippen LogP contribution < -0.4 is 5.32 Å². The molecule has 0 atom stereocenters. The molecule has 1 aromatic carbocycles. The summed E-state index contributed by atoms with van der Waals surface area (Å²) in [5.41, 5.74) is -0.876. The van der Waals surface area contributed by atoms with E-state index in [-0.39, 0.29) is 33.8 Å². The maximum Gasteiger partial charge on any atom is 0.433 e. The zero-order chi connectivity index (χ0) is 18.0. The van der Waals surface area contributed by atoms with Gasteiger partial charge in [-0.3, -0.25) is 4.98 Å². The topological polar surface area (TPSA) is 83.8 Å². The third-order valence-corrected chi connectivity index (χ3v) is 3.35. The van der Waals surface area contributed by atoms with Crippen molar-refractivity contribution in [1.82, 2.24) is 19.9 Å². The zero-order valence-corrected chi connectivity index (χ0v) is 13.0. The van der Waals surface area contributed by atoms with Crippen LogP contribution in [0.15, 0.2) is 42.9 Å². The average molecular weight is 368 g/mol. The lowest BCUT2D eigenvalue weighted by atomic mass is 10.3. The van der Waals surface area contributed by atoms with Gasteiger partial charge in [0.2, 0.25) is 0 Å². The maximum atomic E-state index is 13.1. The van der Waals surface area contributed by atoms with Crippen molar-refractivity contribution in [1.29, 1.82) is 0 Å². The monoisotopic (exact) mass is 367 g/mol. The minimum atomic E-state index is -4.68. The van der Waals surface area contributed by atoms with E-state index in [9.17, 15) is 18.3 Å². The van der Waals surface area contributed by atoms with Crippen LogP contribution in [0.5, 0.6) is 5.75 Å². The summed E-state index contributed by atoms with van der Waals surface area (Å²) in [6.07, 6.45) is -0.736. The summed E-state index contributed by atoms with van der Waals surface area (Å²) in [7, 11) is 0. The van der Waals surface area contributed by atoms with E-state index in [1.54, 1.807) is 0 Å². The van der Waals surface area contributed by atoms with Crippen molar-refractivity contribution in [3.8, 4) is 17.3 Å². The Morgan fingerprint density at radius 3 is 2.56 bits per heavy atom. The van der Waals surface area contributed by atoms with Crippen molar-refractivity contribution in [2.75, 3.05) is 5.32 Å². The molecule has 6 nitrogen and oxygen atoms in total. The first kappa shape index (κ1) is 16.9. The summed E-state index contributed by atoms with van der Waals surface area (Å²) in [5, 5.41) is 12.3. The number of alkyl halides is 3. The fraction of sp³-hybridized carbons (Fsp3) is 0.0667. The molecule has 3 aromatic rings. The van der Waals surface area contributed by atoms with Gasteiger partial charge in [0.25, 0.3) is 0 Å². The molecule has 0 saturated heterocycles. The molecule has 0 radical (unpaired) electrons. The van der Waals surface area contributed by atoms with Crippen LogP contribution in [-0.2, 0) is 6.18 Å². The van der Waals surface area contributed by atoms with Gasteiger partial charge in [-0.15, -0.1) is 0 Å². The number of phenols is 1. The fourth-order valence-corrected chi connectivity index (χ4v) is 2.10. The second-order valence-electron chi connectivity index (χ2n) is 4.84. The summed E-state index contributed by atoms with van der Waals surface area (Å²) >= 11 is 5.97. The van der Waals surface area contributed by atoms with E-state index in [1.807, 2.05) is 0 Å². The summed E-state index contributed by atoms with van der Waals surface area (Å²) in [6, 6.07) is 4.74. The van der Waals surface area contributed by atoms with Gasteiger partial charge in [0, 0.05) is 24.5 Å². The Balaban J connectivity index is 2.08. The smallest absolute Gasteiger partial charge is 0.433 e. The molecule has 2 heterocycles. The van der Waals surface area contributed by atoms with Gasteiger partial charge in [0.05, 0.1) is 16.9 Å². The Kier molecular flexibility index (Phi) is 4.41. The molecule has 0 bridgehead atoms. The number of aromatic nitrogens is 4. The van der Waals surface area contributed by atoms with E-state index < -0.39 is 11.9 Å². The first-order valence-corrected chi connectivity index (χ1v) is 7.19. The molecule has 2 aromatic heterocycles.